The maximum Gasteiger partial charge on any atom is 0.252 e. The third-order valence-electron chi connectivity index (χ3n) is 4.92. The summed E-state index contributed by atoms with van der Waals surface area (Å²) in [5.74, 6) is -2.34. The van der Waals surface area contributed by atoms with Crippen LogP contribution in [0.25, 0.3) is 22.6 Å². The average Bonchev–Trinajstić information content (AvgIpc) is 3.23. The highest BCUT2D eigenvalue weighted by Crippen LogP contribution is 2.45. The number of aromatic amines is 1. The molecule has 142 valence electrons. The first kappa shape index (κ1) is 17.7. The molecule has 0 amide bonds. The number of hydrogen-bond acceptors (Lipinski definition) is 5. The molecule has 7 nitrogen and oxygen atoms in total. The van der Waals surface area contributed by atoms with E-state index in [2.05, 4.69) is 25.7 Å². The van der Waals surface area contributed by atoms with E-state index in [4.69, 9.17) is 4.98 Å². The number of H-pyrrole nitrogens is 1. The summed E-state index contributed by atoms with van der Waals surface area (Å²) in [6.07, 6.45) is 1.35. The lowest BCUT2D eigenvalue weighted by Gasteiger charge is -2.31. The van der Waals surface area contributed by atoms with E-state index < -0.39 is 5.92 Å². The van der Waals surface area contributed by atoms with Crippen molar-refractivity contribution in [1.82, 2.24) is 35.4 Å². The minimum Gasteiger partial charge on any atom is -0.268 e. The number of fused-ring (bicyclic) bond motifs is 1. The average molecular weight is 373 g/mol. The Labute approximate surface area is 155 Å². The minimum absolute atomic E-state index is 0.190. The van der Waals surface area contributed by atoms with Gasteiger partial charge in [-0.05, 0) is 28.5 Å². The van der Waals surface area contributed by atoms with Crippen molar-refractivity contribution in [2.24, 2.45) is 7.05 Å². The van der Waals surface area contributed by atoms with E-state index >= 15 is 0 Å². The summed E-state index contributed by atoms with van der Waals surface area (Å²) in [6.45, 7) is 6.12. The zero-order valence-electron chi connectivity index (χ0n) is 15.7. The summed E-state index contributed by atoms with van der Waals surface area (Å²) in [6, 6.07) is 1.82. The fraction of sp³-hybridized carbons (Fsp3) is 0.500. The van der Waals surface area contributed by atoms with Gasteiger partial charge in [-0.15, -0.1) is 5.10 Å². The Bertz CT molecular complexity index is 984. The molecule has 0 aliphatic heterocycles. The van der Waals surface area contributed by atoms with Gasteiger partial charge in [-0.1, -0.05) is 20.8 Å². The molecule has 1 N–H and O–H groups in total. The molecule has 0 atom stereocenters. The molecule has 1 aliphatic carbocycles. The van der Waals surface area contributed by atoms with Crippen LogP contribution in [0.15, 0.2) is 12.3 Å². The second kappa shape index (κ2) is 5.90. The van der Waals surface area contributed by atoms with Crippen LogP contribution < -0.4 is 0 Å². The van der Waals surface area contributed by atoms with E-state index in [9.17, 15) is 8.78 Å². The molecule has 0 aromatic carbocycles. The Morgan fingerprint density at radius 1 is 1.22 bits per heavy atom. The smallest absolute Gasteiger partial charge is 0.252 e. The number of rotatable bonds is 2. The minimum atomic E-state index is -2.76. The molecular weight excluding hydrogens is 352 g/mol. The first-order valence-corrected chi connectivity index (χ1v) is 8.84. The molecule has 0 bridgehead atoms. The Balaban J connectivity index is 2.13. The predicted molar refractivity (Wildman–Crippen MR) is 95.3 cm³/mol. The molecule has 3 heterocycles. The third-order valence-corrected chi connectivity index (χ3v) is 4.92. The van der Waals surface area contributed by atoms with Gasteiger partial charge in [0, 0.05) is 42.8 Å². The van der Waals surface area contributed by atoms with Crippen LogP contribution in [-0.2, 0) is 25.3 Å². The normalized spacial score (nSPS) is 16.4. The lowest BCUT2D eigenvalue weighted by molar-refractivity contribution is -0.0126. The van der Waals surface area contributed by atoms with E-state index in [1.807, 2.05) is 26.8 Å². The largest absolute Gasteiger partial charge is 0.268 e. The number of nitrogens with zero attached hydrogens (tertiary/aromatic N) is 6. The summed E-state index contributed by atoms with van der Waals surface area (Å²) in [4.78, 5) is 4.83. The van der Waals surface area contributed by atoms with Crippen LogP contribution in [0.1, 0.15) is 44.1 Å². The maximum absolute atomic E-state index is 14.3. The van der Waals surface area contributed by atoms with Gasteiger partial charge < -0.3 is 0 Å². The van der Waals surface area contributed by atoms with Crippen molar-refractivity contribution in [3.63, 3.8) is 0 Å². The predicted octanol–water partition coefficient (Wildman–Crippen LogP) is 3.08. The van der Waals surface area contributed by atoms with E-state index in [1.165, 1.54) is 0 Å². The maximum atomic E-state index is 14.3. The molecule has 4 rings (SSSR count). The second-order valence-electron chi connectivity index (χ2n) is 8.01. The molecule has 1 aliphatic rings. The number of pyridine rings is 1. The van der Waals surface area contributed by atoms with Gasteiger partial charge in [0.1, 0.15) is 0 Å². The summed E-state index contributed by atoms with van der Waals surface area (Å²) in [7, 11) is 1.79. The summed E-state index contributed by atoms with van der Waals surface area (Å²) in [5.41, 5.74) is 3.80. The van der Waals surface area contributed by atoms with E-state index in [-0.39, 0.29) is 24.7 Å². The van der Waals surface area contributed by atoms with Crippen LogP contribution in [0.2, 0.25) is 0 Å². The zero-order valence-corrected chi connectivity index (χ0v) is 15.7. The molecule has 3 aromatic heterocycles. The Hall–Kier alpha value is -2.71. The third kappa shape index (κ3) is 3.00. The van der Waals surface area contributed by atoms with Crippen LogP contribution in [0, 0.1) is 0 Å². The standard InChI is InChI=1S/C18H21F2N7/c1-17(2,3)15-14(16-23-25-26-24-16)13(12-6-8-21-27(12)4)10-9-18(19,20)7-5-11(10)22-15/h6,8H,5,7,9H2,1-4H3,(H,23,24,25,26). The Morgan fingerprint density at radius 3 is 2.59 bits per heavy atom. The van der Waals surface area contributed by atoms with Crippen LogP contribution in [0.4, 0.5) is 8.78 Å². The van der Waals surface area contributed by atoms with E-state index in [0.717, 1.165) is 17.1 Å². The van der Waals surface area contributed by atoms with Gasteiger partial charge in [-0.25, -0.2) is 13.9 Å². The first-order chi connectivity index (χ1) is 12.7. The van der Waals surface area contributed by atoms with Crippen LogP contribution in [0.5, 0.6) is 0 Å². The van der Waals surface area contributed by atoms with Crippen molar-refractivity contribution in [3.8, 4) is 22.6 Å². The van der Waals surface area contributed by atoms with E-state index in [1.54, 1.807) is 17.9 Å². The molecule has 9 heteroatoms. The van der Waals surface area contributed by atoms with Gasteiger partial charge in [0.05, 0.1) is 17.0 Å². The number of hydrogen-bond donors (Lipinski definition) is 1. The van der Waals surface area contributed by atoms with Crippen molar-refractivity contribution >= 4 is 0 Å². The van der Waals surface area contributed by atoms with Crippen molar-refractivity contribution in [2.45, 2.75) is 51.4 Å². The summed E-state index contributed by atoms with van der Waals surface area (Å²) in [5, 5.41) is 18.5. The first-order valence-electron chi connectivity index (χ1n) is 8.84. The SMILES string of the molecule is Cn1nccc1-c1c2c(nc(C(C)(C)C)c1-c1nnn[nH]1)CCC(F)(F)C2. The topological polar surface area (TPSA) is 85.2 Å². The Morgan fingerprint density at radius 2 is 2.00 bits per heavy atom. The number of aryl methyl sites for hydroxylation is 2. The van der Waals surface area contributed by atoms with Crippen molar-refractivity contribution in [3.05, 3.63) is 29.2 Å². The monoisotopic (exact) mass is 373 g/mol. The van der Waals surface area contributed by atoms with Gasteiger partial charge in [0.2, 0.25) is 0 Å². The number of halogens is 2. The van der Waals surface area contributed by atoms with Crippen LogP contribution >= 0.6 is 0 Å². The zero-order chi connectivity index (χ0) is 19.4. The fourth-order valence-electron chi connectivity index (χ4n) is 3.66. The van der Waals surface area contributed by atoms with Gasteiger partial charge in [-0.2, -0.15) is 5.10 Å². The number of nitrogens with one attached hydrogen (secondary N) is 1. The second-order valence-corrected chi connectivity index (χ2v) is 8.01. The van der Waals surface area contributed by atoms with Crippen molar-refractivity contribution in [2.75, 3.05) is 0 Å². The number of aromatic nitrogens is 7. The van der Waals surface area contributed by atoms with Crippen molar-refractivity contribution < 1.29 is 8.78 Å². The molecule has 27 heavy (non-hydrogen) atoms. The molecule has 0 saturated carbocycles. The Kier molecular flexibility index (Phi) is 3.87. The molecule has 0 fully saturated rings. The molecular formula is C18H21F2N7. The number of tetrazole rings is 1. The van der Waals surface area contributed by atoms with Gasteiger partial charge in [-0.3, -0.25) is 9.67 Å². The number of alkyl halides is 2. The van der Waals surface area contributed by atoms with Crippen LogP contribution in [0.3, 0.4) is 0 Å². The fourth-order valence-corrected chi connectivity index (χ4v) is 3.66. The summed E-state index contributed by atoms with van der Waals surface area (Å²) < 4.78 is 30.3. The highest BCUT2D eigenvalue weighted by molar-refractivity contribution is 5.84. The van der Waals surface area contributed by atoms with Gasteiger partial charge in [0.25, 0.3) is 5.92 Å². The molecule has 0 spiro atoms. The lowest BCUT2D eigenvalue weighted by Crippen LogP contribution is -2.29. The molecule has 3 aromatic rings. The molecule has 0 saturated heterocycles. The quantitative estimate of drug-likeness (QED) is 0.746. The highest BCUT2D eigenvalue weighted by Gasteiger charge is 2.39. The van der Waals surface area contributed by atoms with E-state index in [0.29, 0.717) is 22.5 Å². The lowest BCUT2D eigenvalue weighted by atomic mass is 9.80. The van der Waals surface area contributed by atoms with Gasteiger partial charge in [0.15, 0.2) is 5.82 Å². The molecule has 0 unspecified atom stereocenters. The highest BCUT2D eigenvalue weighted by atomic mass is 19.3. The summed E-state index contributed by atoms with van der Waals surface area (Å²) >= 11 is 0. The van der Waals surface area contributed by atoms with Crippen LogP contribution in [-0.4, -0.2) is 41.3 Å². The van der Waals surface area contributed by atoms with Gasteiger partial charge >= 0.3 is 0 Å². The molecule has 0 radical (unpaired) electrons. The van der Waals surface area contributed by atoms with Crippen molar-refractivity contribution in [1.29, 1.82) is 0 Å².